The summed E-state index contributed by atoms with van der Waals surface area (Å²) in [6.45, 7) is 3.54. The quantitative estimate of drug-likeness (QED) is 0.620. The van der Waals surface area contributed by atoms with Gasteiger partial charge in [0, 0.05) is 61.8 Å². The Hall–Kier alpha value is -2.58. The van der Waals surface area contributed by atoms with Crippen molar-refractivity contribution in [2.45, 2.75) is 42.7 Å². The standard InChI is InChI=1S/C25H33N5O2S/c1-26-20-4-6-22(7-5-20)30-14-13-19-3-12-24(27-25(19)30)29-17-15-28(16-18-29)21-8-10-23(11-9-21)33(2,31)32/h3,8-14,20,22,26H,4-7,15-18H2,1-2H3/t20-,22-. The van der Waals surface area contributed by atoms with Gasteiger partial charge in [0.05, 0.1) is 4.90 Å². The number of sulfone groups is 1. The molecule has 0 amide bonds. The summed E-state index contributed by atoms with van der Waals surface area (Å²) < 4.78 is 25.8. The molecule has 1 saturated carbocycles. The Kier molecular flexibility index (Phi) is 6.05. The largest absolute Gasteiger partial charge is 0.368 e. The molecule has 5 rings (SSSR count). The van der Waals surface area contributed by atoms with Gasteiger partial charge in [-0.3, -0.25) is 0 Å². The zero-order valence-corrected chi connectivity index (χ0v) is 20.3. The van der Waals surface area contributed by atoms with Crippen LogP contribution in [0.25, 0.3) is 11.0 Å². The first-order valence-electron chi connectivity index (χ1n) is 11.9. The van der Waals surface area contributed by atoms with Crippen LogP contribution in [0, 0.1) is 0 Å². The smallest absolute Gasteiger partial charge is 0.175 e. The van der Waals surface area contributed by atoms with Crippen molar-refractivity contribution in [1.29, 1.82) is 0 Å². The molecule has 0 atom stereocenters. The molecule has 0 radical (unpaired) electrons. The molecular formula is C25H33N5O2S. The number of pyridine rings is 1. The van der Waals surface area contributed by atoms with Crippen LogP contribution in [0.2, 0.25) is 0 Å². The van der Waals surface area contributed by atoms with Crippen molar-refractivity contribution >= 4 is 32.4 Å². The third kappa shape index (κ3) is 4.59. The normalized spacial score (nSPS) is 22.1. The Morgan fingerprint density at radius 3 is 2.18 bits per heavy atom. The van der Waals surface area contributed by atoms with E-state index in [0.717, 1.165) is 43.3 Å². The number of nitrogens with zero attached hydrogens (tertiary/aromatic N) is 4. The van der Waals surface area contributed by atoms with E-state index < -0.39 is 9.84 Å². The summed E-state index contributed by atoms with van der Waals surface area (Å²) in [6, 6.07) is 14.9. The van der Waals surface area contributed by atoms with E-state index in [1.807, 2.05) is 12.1 Å². The fourth-order valence-corrected chi connectivity index (χ4v) is 5.86. The third-order valence-electron chi connectivity index (χ3n) is 7.28. The molecule has 0 spiro atoms. The van der Waals surface area contributed by atoms with Gasteiger partial charge in [-0.25, -0.2) is 13.4 Å². The highest BCUT2D eigenvalue weighted by atomic mass is 32.2. The van der Waals surface area contributed by atoms with Crippen molar-refractivity contribution in [3.05, 3.63) is 48.7 Å². The lowest BCUT2D eigenvalue weighted by Crippen LogP contribution is -2.46. The Morgan fingerprint density at radius 2 is 1.55 bits per heavy atom. The fraction of sp³-hybridized carbons (Fsp3) is 0.480. The maximum absolute atomic E-state index is 11.7. The molecule has 2 aliphatic rings. The van der Waals surface area contributed by atoms with Gasteiger partial charge < -0.3 is 19.7 Å². The molecule has 2 fully saturated rings. The third-order valence-corrected chi connectivity index (χ3v) is 8.41. The van der Waals surface area contributed by atoms with Crippen molar-refractivity contribution in [3.8, 4) is 0 Å². The van der Waals surface area contributed by atoms with Crippen molar-refractivity contribution in [1.82, 2.24) is 14.9 Å². The molecule has 3 aromatic rings. The lowest BCUT2D eigenvalue weighted by molar-refractivity contribution is 0.305. The molecule has 2 aromatic heterocycles. The van der Waals surface area contributed by atoms with Gasteiger partial charge in [0.25, 0.3) is 0 Å². The minimum Gasteiger partial charge on any atom is -0.368 e. The molecule has 8 heteroatoms. The van der Waals surface area contributed by atoms with Gasteiger partial charge in [0.15, 0.2) is 9.84 Å². The predicted molar refractivity (Wildman–Crippen MR) is 134 cm³/mol. The minimum atomic E-state index is -3.16. The van der Waals surface area contributed by atoms with Crippen molar-refractivity contribution in [2.75, 3.05) is 49.3 Å². The van der Waals surface area contributed by atoms with E-state index in [1.165, 1.54) is 37.3 Å². The fourth-order valence-electron chi connectivity index (χ4n) is 5.23. The number of benzene rings is 1. The van der Waals surface area contributed by atoms with Gasteiger partial charge >= 0.3 is 0 Å². The summed E-state index contributed by atoms with van der Waals surface area (Å²) >= 11 is 0. The summed E-state index contributed by atoms with van der Waals surface area (Å²) in [6.07, 6.45) is 8.27. The van der Waals surface area contributed by atoms with Crippen LogP contribution in [-0.2, 0) is 9.84 Å². The summed E-state index contributed by atoms with van der Waals surface area (Å²) in [5, 5.41) is 4.63. The molecule has 1 aliphatic heterocycles. The first-order valence-corrected chi connectivity index (χ1v) is 13.8. The van der Waals surface area contributed by atoms with Crippen LogP contribution in [-0.4, -0.2) is 63.5 Å². The average molecular weight is 468 g/mol. The molecule has 33 heavy (non-hydrogen) atoms. The van der Waals surface area contributed by atoms with Crippen LogP contribution in [0.4, 0.5) is 11.5 Å². The first kappa shape index (κ1) is 22.2. The Morgan fingerprint density at radius 1 is 0.879 bits per heavy atom. The zero-order valence-electron chi connectivity index (χ0n) is 19.4. The molecule has 1 aliphatic carbocycles. The van der Waals surface area contributed by atoms with Crippen LogP contribution in [0.15, 0.2) is 53.6 Å². The lowest BCUT2D eigenvalue weighted by atomic mass is 9.91. The summed E-state index contributed by atoms with van der Waals surface area (Å²) in [7, 11) is -1.10. The van der Waals surface area contributed by atoms with E-state index in [9.17, 15) is 8.42 Å². The number of piperazine rings is 1. The highest BCUT2D eigenvalue weighted by molar-refractivity contribution is 7.90. The van der Waals surface area contributed by atoms with Crippen LogP contribution in [0.1, 0.15) is 31.7 Å². The number of hydrogen-bond acceptors (Lipinski definition) is 6. The number of rotatable bonds is 5. The highest BCUT2D eigenvalue weighted by Crippen LogP contribution is 2.32. The van der Waals surface area contributed by atoms with E-state index in [2.05, 4.69) is 51.1 Å². The van der Waals surface area contributed by atoms with Crippen LogP contribution in [0.5, 0.6) is 0 Å². The van der Waals surface area contributed by atoms with Crippen LogP contribution in [0.3, 0.4) is 0 Å². The SMILES string of the molecule is CN[C@H]1CC[C@H](n2ccc3ccc(N4CCN(c5ccc(S(C)(=O)=O)cc5)CC4)nc32)CC1. The maximum Gasteiger partial charge on any atom is 0.175 e. The number of anilines is 2. The zero-order chi connectivity index (χ0) is 23.0. The molecular weight excluding hydrogens is 434 g/mol. The summed E-state index contributed by atoms with van der Waals surface area (Å²) in [4.78, 5) is 10.1. The molecule has 0 bridgehead atoms. The van der Waals surface area contributed by atoms with Crippen molar-refractivity contribution in [2.24, 2.45) is 0 Å². The Labute approximate surface area is 196 Å². The van der Waals surface area contributed by atoms with Gasteiger partial charge in [-0.2, -0.15) is 0 Å². The Bertz CT molecular complexity index is 1210. The summed E-state index contributed by atoms with van der Waals surface area (Å²) in [5.41, 5.74) is 2.16. The lowest BCUT2D eigenvalue weighted by Gasteiger charge is -2.37. The van der Waals surface area contributed by atoms with E-state index in [4.69, 9.17) is 4.98 Å². The molecule has 0 unspecified atom stereocenters. The van der Waals surface area contributed by atoms with Crippen LogP contribution < -0.4 is 15.1 Å². The second-order valence-electron chi connectivity index (χ2n) is 9.34. The van der Waals surface area contributed by atoms with E-state index in [1.54, 1.807) is 12.1 Å². The average Bonchev–Trinajstić information content (AvgIpc) is 3.27. The van der Waals surface area contributed by atoms with Gasteiger partial charge in [0.2, 0.25) is 0 Å². The first-order chi connectivity index (χ1) is 15.9. The number of fused-ring (bicyclic) bond motifs is 1. The second-order valence-corrected chi connectivity index (χ2v) is 11.4. The molecule has 1 N–H and O–H groups in total. The maximum atomic E-state index is 11.7. The minimum absolute atomic E-state index is 0.366. The van der Waals surface area contributed by atoms with E-state index in [-0.39, 0.29) is 0 Å². The number of nitrogens with one attached hydrogen (secondary N) is 1. The van der Waals surface area contributed by atoms with Crippen molar-refractivity contribution < 1.29 is 8.42 Å². The molecule has 1 aromatic carbocycles. The second kappa shape index (κ2) is 8.99. The van der Waals surface area contributed by atoms with Gasteiger partial charge in [0.1, 0.15) is 11.5 Å². The molecule has 176 valence electrons. The van der Waals surface area contributed by atoms with E-state index in [0.29, 0.717) is 17.0 Å². The van der Waals surface area contributed by atoms with Gasteiger partial charge in [-0.05, 0) is 75.2 Å². The molecule has 7 nitrogen and oxygen atoms in total. The highest BCUT2D eigenvalue weighted by Gasteiger charge is 2.24. The monoisotopic (exact) mass is 467 g/mol. The Balaban J connectivity index is 1.28. The van der Waals surface area contributed by atoms with Crippen LogP contribution >= 0.6 is 0 Å². The molecule has 1 saturated heterocycles. The topological polar surface area (TPSA) is 70.5 Å². The number of aromatic nitrogens is 2. The molecule has 3 heterocycles. The summed E-state index contributed by atoms with van der Waals surface area (Å²) in [5.74, 6) is 1.04. The van der Waals surface area contributed by atoms with E-state index >= 15 is 0 Å². The van der Waals surface area contributed by atoms with Gasteiger partial charge in [-0.1, -0.05) is 0 Å². The predicted octanol–water partition coefficient (Wildman–Crippen LogP) is 3.47. The number of hydrogen-bond donors (Lipinski definition) is 1. The van der Waals surface area contributed by atoms with Gasteiger partial charge in [-0.15, -0.1) is 0 Å². The van der Waals surface area contributed by atoms with Crippen molar-refractivity contribution in [3.63, 3.8) is 0 Å².